The molecule has 1 heterocycles. The number of esters is 1. The van der Waals surface area contributed by atoms with Crippen LogP contribution in [0.3, 0.4) is 0 Å². The van der Waals surface area contributed by atoms with Crippen LogP contribution in [0.2, 0.25) is 0 Å². The molecule has 0 aromatic heterocycles. The third-order valence-electron chi connectivity index (χ3n) is 2.32. The zero-order valence-electron chi connectivity index (χ0n) is 7.74. The average molecular weight is 173 g/mol. The highest BCUT2D eigenvalue weighted by atomic mass is 16.5. The molecule has 0 amide bonds. The van der Waals surface area contributed by atoms with Crippen LogP contribution in [0, 0.1) is 0 Å². The maximum Gasteiger partial charge on any atom is 0.323 e. The van der Waals surface area contributed by atoms with Gasteiger partial charge in [0, 0.05) is 20.1 Å². The first-order valence-corrected chi connectivity index (χ1v) is 4.00. The van der Waals surface area contributed by atoms with Crippen LogP contribution in [0.1, 0.15) is 6.42 Å². The molecule has 1 aliphatic heterocycles. The monoisotopic (exact) mass is 173 g/mol. The molecule has 0 bridgehead atoms. The van der Waals surface area contributed by atoms with Crippen molar-refractivity contribution in [2.24, 2.45) is 0 Å². The van der Waals surface area contributed by atoms with Gasteiger partial charge in [-0.25, -0.2) is 0 Å². The summed E-state index contributed by atoms with van der Waals surface area (Å²) in [6.07, 6.45) is 0.902. The molecule has 1 fully saturated rings. The van der Waals surface area contributed by atoms with Crippen molar-refractivity contribution >= 4 is 5.97 Å². The summed E-state index contributed by atoms with van der Waals surface area (Å²) in [4.78, 5) is 13.1. The minimum atomic E-state index is -0.169. The van der Waals surface area contributed by atoms with Crippen molar-refractivity contribution in [3.8, 4) is 0 Å². The third kappa shape index (κ3) is 1.76. The molecule has 0 aliphatic carbocycles. The van der Waals surface area contributed by atoms with E-state index in [2.05, 4.69) is 4.74 Å². The Labute approximate surface area is 72.4 Å². The first-order valence-electron chi connectivity index (χ1n) is 4.00. The van der Waals surface area contributed by atoms with Crippen molar-refractivity contribution in [3.05, 3.63) is 0 Å². The Bertz CT molecular complexity index is 172. The molecule has 2 atom stereocenters. The minimum absolute atomic E-state index is 0.125. The van der Waals surface area contributed by atoms with Crippen molar-refractivity contribution in [3.63, 3.8) is 0 Å². The Balaban J connectivity index is 2.51. The Kier molecular flexibility index (Phi) is 3.05. The number of rotatable bonds is 2. The molecule has 0 aromatic carbocycles. The molecule has 4 nitrogen and oxygen atoms in total. The highest BCUT2D eigenvalue weighted by Crippen LogP contribution is 2.18. The molecular weight excluding hydrogens is 158 g/mol. The van der Waals surface area contributed by atoms with Crippen molar-refractivity contribution in [2.45, 2.75) is 18.6 Å². The van der Waals surface area contributed by atoms with Gasteiger partial charge in [-0.1, -0.05) is 0 Å². The number of carbonyl (C=O) groups excluding carboxylic acids is 1. The minimum Gasteiger partial charge on any atom is -0.468 e. The second-order valence-corrected chi connectivity index (χ2v) is 3.07. The summed E-state index contributed by atoms with van der Waals surface area (Å²) in [5.74, 6) is -0.169. The maximum atomic E-state index is 11.2. The quantitative estimate of drug-likeness (QED) is 0.546. The van der Waals surface area contributed by atoms with Gasteiger partial charge in [0.15, 0.2) is 0 Å². The highest BCUT2D eigenvalue weighted by Gasteiger charge is 2.34. The van der Waals surface area contributed by atoms with E-state index in [9.17, 15) is 4.79 Å². The molecule has 0 aromatic rings. The zero-order chi connectivity index (χ0) is 9.14. The molecule has 4 heteroatoms. The predicted molar refractivity (Wildman–Crippen MR) is 43.8 cm³/mol. The van der Waals surface area contributed by atoms with Gasteiger partial charge in [-0.05, 0) is 7.05 Å². The standard InChI is InChI=1S/C8H15NO3/c1-9-5-6(11-2)4-7(9)8(10)12-3/h6-7H,4-5H2,1-3H3. The summed E-state index contributed by atoms with van der Waals surface area (Å²) < 4.78 is 9.82. The molecule has 0 spiro atoms. The van der Waals surface area contributed by atoms with E-state index in [0.29, 0.717) is 0 Å². The second-order valence-electron chi connectivity index (χ2n) is 3.07. The third-order valence-corrected chi connectivity index (χ3v) is 2.32. The van der Waals surface area contributed by atoms with Crippen LogP contribution >= 0.6 is 0 Å². The molecule has 0 radical (unpaired) electrons. The fraction of sp³-hybridized carbons (Fsp3) is 0.875. The lowest BCUT2D eigenvalue weighted by atomic mass is 10.2. The topological polar surface area (TPSA) is 38.8 Å². The smallest absolute Gasteiger partial charge is 0.323 e. The number of likely N-dealkylation sites (tertiary alicyclic amines) is 1. The van der Waals surface area contributed by atoms with Crippen molar-refractivity contribution in [1.29, 1.82) is 0 Å². The lowest BCUT2D eigenvalue weighted by Gasteiger charge is -2.15. The van der Waals surface area contributed by atoms with E-state index in [0.717, 1.165) is 13.0 Å². The molecule has 0 saturated carbocycles. The molecule has 1 aliphatic rings. The number of nitrogens with zero attached hydrogens (tertiary/aromatic N) is 1. The Morgan fingerprint density at radius 2 is 2.17 bits per heavy atom. The van der Waals surface area contributed by atoms with Crippen LogP contribution in [0.5, 0.6) is 0 Å². The van der Waals surface area contributed by atoms with Gasteiger partial charge in [-0.2, -0.15) is 0 Å². The van der Waals surface area contributed by atoms with E-state index in [1.54, 1.807) is 7.11 Å². The van der Waals surface area contributed by atoms with E-state index in [4.69, 9.17) is 4.74 Å². The van der Waals surface area contributed by atoms with E-state index in [1.165, 1.54) is 7.11 Å². The summed E-state index contributed by atoms with van der Waals surface area (Å²) in [7, 11) is 4.98. The van der Waals surface area contributed by atoms with Crippen LogP contribution in [-0.2, 0) is 14.3 Å². The van der Waals surface area contributed by atoms with Crippen LogP contribution in [-0.4, -0.2) is 50.8 Å². The van der Waals surface area contributed by atoms with Gasteiger partial charge in [0.05, 0.1) is 13.2 Å². The maximum absolute atomic E-state index is 11.2. The SMILES string of the molecule is COC(=O)C1CC(OC)CN1C. The van der Waals surface area contributed by atoms with Crippen LogP contribution < -0.4 is 0 Å². The summed E-state index contributed by atoms with van der Waals surface area (Å²) in [5.41, 5.74) is 0. The van der Waals surface area contributed by atoms with Gasteiger partial charge in [-0.3, -0.25) is 9.69 Å². The Hall–Kier alpha value is -0.610. The molecule has 1 rings (SSSR count). The van der Waals surface area contributed by atoms with Gasteiger partial charge in [0.2, 0.25) is 0 Å². The molecule has 12 heavy (non-hydrogen) atoms. The second kappa shape index (κ2) is 3.87. The molecule has 1 saturated heterocycles. The number of hydrogen-bond donors (Lipinski definition) is 0. The van der Waals surface area contributed by atoms with Crippen molar-refractivity contribution in [1.82, 2.24) is 4.90 Å². The van der Waals surface area contributed by atoms with Crippen LogP contribution in [0.15, 0.2) is 0 Å². The highest BCUT2D eigenvalue weighted by molar-refractivity contribution is 5.76. The average Bonchev–Trinajstić information content (AvgIpc) is 2.45. The zero-order valence-corrected chi connectivity index (χ0v) is 7.74. The number of ether oxygens (including phenoxy) is 2. The summed E-state index contributed by atoms with van der Waals surface area (Å²) in [6, 6.07) is -0.125. The number of methoxy groups -OCH3 is 2. The summed E-state index contributed by atoms with van der Waals surface area (Å²) in [5, 5.41) is 0. The fourth-order valence-electron chi connectivity index (χ4n) is 1.53. The lowest BCUT2D eigenvalue weighted by molar-refractivity contribution is -0.145. The van der Waals surface area contributed by atoms with E-state index >= 15 is 0 Å². The van der Waals surface area contributed by atoms with E-state index < -0.39 is 0 Å². The van der Waals surface area contributed by atoms with Gasteiger partial charge in [-0.15, -0.1) is 0 Å². The number of hydrogen-bond acceptors (Lipinski definition) is 4. The first-order chi connectivity index (χ1) is 5.69. The Morgan fingerprint density at radius 3 is 2.58 bits per heavy atom. The number of carbonyl (C=O) groups is 1. The summed E-state index contributed by atoms with van der Waals surface area (Å²) >= 11 is 0. The number of likely N-dealkylation sites (N-methyl/N-ethyl adjacent to an activating group) is 1. The Morgan fingerprint density at radius 1 is 1.50 bits per heavy atom. The fourth-order valence-corrected chi connectivity index (χ4v) is 1.53. The van der Waals surface area contributed by atoms with E-state index in [-0.39, 0.29) is 18.1 Å². The van der Waals surface area contributed by atoms with Crippen LogP contribution in [0.25, 0.3) is 0 Å². The van der Waals surface area contributed by atoms with E-state index in [1.807, 2.05) is 11.9 Å². The van der Waals surface area contributed by atoms with Crippen LogP contribution in [0.4, 0.5) is 0 Å². The first kappa shape index (κ1) is 9.48. The van der Waals surface area contributed by atoms with Crippen molar-refractivity contribution < 1.29 is 14.3 Å². The largest absolute Gasteiger partial charge is 0.468 e. The van der Waals surface area contributed by atoms with Gasteiger partial charge >= 0.3 is 5.97 Å². The normalized spacial score (nSPS) is 30.6. The molecular formula is C8H15NO3. The van der Waals surface area contributed by atoms with Gasteiger partial charge in [0.25, 0.3) is 0 Å². The summed E-state index contributed by atoms with van der Waals surface area (Å²) in [6.45, 7) is 0.802. The molecule has 0 N–H and O–H groups in total. The molecule has 2 unspecified atom stereocenters. The predicted octanol–water partition coefficient (Wildman–Crippen LogP) is -0.122. The molecule has 70 valence electrons. The van der Waals surface area contributed by atoms with Crippen molar-refractivity contribution in [2.75, 3.05) is 27.8 Å². The lowest BCUT2D eigenvalue weighted by Crippen LogP contribution is -2.33. The van der Waals surface area contributed by atoms with Gasteiger partial charge in [0.1, 0.15) is 6.04 Å². The van der Waals surface area contributed by atoms with Gasteiger partial charge < -0.3 is 9.47 Å².